The third-order valence-corrected chi connectivity index (χ3v) is 5.36. The van der Waals surface area contributed by atoms with Gasteiger partial charge >= 0.3 is 0 Å². The molecule has 2 aromatic rings. The second kappa shape index (κ2) is 8.16. The number of aromatic nitrogens is 1. The van der Waals surface area contributed by atoms with Crippen LogP contribution in [-0.4, -0.2) is 60.8 Å². The fourth-order valence-corrected chi connectivity index (χ4v) is 4.10. The highest BCUT2D eigenvalue weighted by molar-refractivity contribution is 5.28. The summed E-state index contributed by atoms with van der Waals surface area (Å²) < 4.78 is 11.5. The van der Waals surface area contributed by atoms with Gasteiger partial charge in [-0.1, -0.05) is 18.2 Å². The largest absolute Gasteiger partial charge is 0.497 e. The Morgan fingerprint density at radius 3 is 2.77 bits per heavy atom. The maximum Gasteiger partial charge on any atom is 0.119 e. The molecule has 0 amide bonds. The predicted molar refractivity (Wildman–Crippen MR) is 101 cm³/mol. The minimum Gasteiger partial charge on any atom is -0.497 e. The van der Waals surface area contributed by atoms with E-state index in [0.717, 1.165) is 51.6 Å². The number of rotatable bonds is 5. The van der Waals surface area contributed by atoms with E-state index in [0.29, 0.717) is 12.0 Å². The summed E-state index contributed by atoms with van der Waals surface area (Å²) in [6, 6.07) is 12.5. The van der Waals surface area contributed by atoms with Crippen LogP contribution in [0.4, 0.5) is 0 Å². The number of benzene rings is 1. The molecule has 4 rings (SSSR count). The SMILES string of the molecule is COc1cccc(CN2C[C@@H]3CN(Cc4cccnc4)CCO[C@@H]3C2)c1. The smallest absolute Gasteiger partial charge is 0.119 e. The average Bonchev–Trinajstić information content (AvgIpc) is 2.93. The van der Waals surface area contributed by atoms with Crippen LogP contribution in [0.25, 0.3) is 0 Å². The maximum absolute atomic E-state index is 6.18. The van der Waals surface area contributed by atoms with E-state index in [1.165, 1.54) is 11.1 Å². The van der Waals surface area contributed by atoms with Crippen molar-refractivity contribution in [3.05, 3.63) is 59.9 Å². The summed E-state index contributed by atoms with van der Waals surface area (Å²) in [4.78, 5) is 9.26. The van der Waals surface area contributed by atoms with Gasteiger partial charge in [0.2, 0.25) is 0 Å². The first-order chi connectivity index (χ1) is 12.8. The first-order valence-corrected chi connectivity index (χ1v) is 9.38. The quantitative estimate of drug-likeness (QED) is 0.825. The van der Waals surface area contributed by atoms with E-state index < -0.39 is 0 Å². The Bertz CT molecular complexity index is 709. The lowest BCUT2D eigenvalue weighted by atomic mass is 10.1. The molecule has 138 valence electrons. The molecule has 2 aliphatic rings. The van der Waals surface area contributed by atoms with Gasteiger partial charge in [0.05, 0.1) is 19.8 Å². The molecule has 26 heavy (non-hydrogen) atoms. The maximum atomic E-state index is 6.18. The standard InChI is InChI=1S/C21H27N3O2/c1-25-20-6-2-4-17(10-20)12-24-15-19-14-23(8-9-26-21(19)16-24)13-18-5-3-7-22-11-18/h2-7,10-11,19,21H,8-9,12-16H2,1H3/t19-,21+/m0/s1. The second-order valence-electron chi connectivity index (χ2n) is 7.31. The van der Waals surface area contributed by atoms with Crippen LogP contribution in [0.5, 0.6) is 5.75 Å². The van der Waals surface area contributed by atoms with Crippen LogP contribution in [0.15, 0.2) is 48.8 Å². The molecule has 5 heteroatoms. The Labute approximate surface area is 155 Å². The van der Waals surface area contributed by atoms with Crippen LogP contribution in [0, 0.1) is 5.92 Å². The van der Waals surface area contributed by atoms with Crippen molar-refractivity contribution in [1.29, 1.82) is 0 Å². The lowest BCUT2D eigenvalue weighted by molar-refractivity contribution is 0.0510. The number of fused-ring (bicyclic) bond motifs is 1. The monoisotopic (exact) mass is 353 g/mol. The van der Waals surface area contributed by atoms with Gasteiger partial charge in [0.1, 0.15) is 5.75 Å². The molecule has 2 fully saturated rings. The Hall–Kier alpha value is -1.95. The van der Waals surface area contributed by atoms with Crippen molar-refractivity contribution < 1.29 is 9.47 Å². The van der Waals surface area contributed by atoms with Gasteiger partial charge in [-0.3, -0.25) is 14.8 Å². The summed E-state index contributed by atoms with van der Waals surface area (Å²) >= 11 is 0. The third kappa shape index (κ3) is 4.23. The van der Waals surface area contributed by atoms with E-state index in [-0.39, 0.29) is 0 Å². The molecule has 5 nitrogen and oxygen atoms in total. The molecule has 1 aromatic carbocycles. The fourth-order valence-electron chi connectivity index (χ4n) is 4.10. The Morgan fingerprint density at radius 2 is 1.92 bits per heavy atom. The lowest BCUT2D eigenvalue weighted by Crippen LogP contribution is -2.32. The van der Waals surface area contributed by atoms with Crippen molar-refractivity contribution >= 4 is 0 Å². The van der Waals surface area contributed by atoms with Gasteiger partial charge in [0, 0.05) is 57.6 Å². The van der Waals surface area contributed by atoms with E-state index in [9.17, 15) is 0 Å². The van der Waals surface area contributed by atoms with E-state index in [1.807, 2.05) is 24.5 Å². The Kier molecular flexibility index (Phi) is 5.48. The van der Waals surface area contributed by atoms with Crippen LogP contribution in [0.2, 0.25) is 0 Å². The fraction of sp³-hybridized carbons (Fsp3) is 0.476. The normalized spacial score (nSPS) is 24.2. The molecule has 3 heterocycles. The Balaban J connectivity index is 1.36. The average molecular weight is 353 g/mol. The highest BCUT2D eigenvalue weighted by atomic mass is 16.5. The van der Waals surface area contributed by atoms with Gasteiger partial charge in [0.25, 0.3) is 0 Å². The van der Waals surface area contributed by atoms with Crippen LogP contribution in [0.3, 0.4) is 0 Å². The Morgan fingerprint density at radius 1 is 1.08 bits per heavy atom. The highest BCUT2D eigenvalue weighted by Crippen LogP contribution is 2.26. The van der Waals surface area contributed by atoms with Gasteiger partial charge in [0.15, 0.2) is 0 Å². The zero-order chi connectivity index (χ0) is 17.8. The topological polar surface area (TPSA) is 37.8 Å². The number of methoxy groups -OCH3 is 1. The van der Waals surface area contributed by atoms with Crippen molar-refractivity contribution in [2.75, 3.05) is 39.9 Å². The van der Waals surface area contributed by atoms with Crippen LogP contribution >= 0.6 is 0 Å². The second-order valence-corrected chi connectivity index (χ2v) is 7.31. The van der Waals surface area contributed by atoms with Crippen molar-refractivity contribution in [3.63, 3.8) is 0 Å². The van der Waals surface area contributed by atoms with Gasteiger partial charge in [-0.15, -0.1) is 0 Å². The molecule has 0 radical (unpaired) electrons. The van der Waals surface area contributed by atoms with Crippen molar-refractivity contribution in [3.8, 4) is 5.75 Å². The molecule has 0 spiro atoms. The summed E-state index contributed by atoms with van der Waals surface area (Å²) in [5.41, 5.74) is 2.57. The van der Waals surface area contributed by atoms with Crippen molar-refractivity contribution in [2.24, 2.45) is 5.92 Å². The van der Waals surface area contributed by atoms with E-state index in [1.54, 1.807) is 7.11 Å². The number of nitrogens with zero attached hydrogens (tertiary/aromatic N) is 3. The summed E-state index contributed by atoms with van der Waals surface area (Å²) in [5, 5.41) is 0. The number of hydrogen-bond acceptors (Lipinski definition) is 5. The van der Waals surface area contributed by atoms with Gasteiger partial charge < -0.3 is 9.47 Å². The molecule has 0 saturated carbocycles. The molecule has 2 atom stereocenters. The molecule has 0 aliphatic carbocycles. The van der Waals surface area contributed by atoms with Crippen molar-refractivity contribution in [1.82, 2.24) is 14.8 Å². The van der Waals surface area contributed by atoms with Gasteiger partial charge in [-0.2, -0.15) is 0 Å². The predicted octanol–water partition coefficient (Wildman–Crippen LogP) is 2.42. The summed E-state index contributed by atoms with van der Waals surface area (Å²) in [6.07, 6.45) is 4.14. The van der Waals surface area contributed by atoms with Crippen molar-refractivity contribution in [2.45, 2.75) is 19.2 Å². The molecule has 2 aliphatic heterocycles. The first-order valence-electron chi connectivity index (χ1n) is 9.38. The number of likely N-dealkylation sites (tertiary alicyclic amines) is 1. The van der Waals surface area contributed by atoms with Gasteiger partial charge in [-0.05, 0) is 29.3 Å². The molecule has 1 aromatic heterocycles. The lowest BCUT2D eigenvalue weighted by Gasteiger charge is -2.23. The minimum atomic E-state index is 0.347. The van der Waals surface area contributed by atoms with E-state index in [2.05, 4.69) is 39.0 Å². The molecular formula is C21H27N3O2. The summed E-state index contributed by atoms with van der Waals surface area (Å²) in [6.45, 7) is 6.92. The van der Waals surface area contributed by atoms with Gasteiger partial charge in [-0.25, -0.2) is 0 Å². The molecule has 2 saturated heterocycles. The van der Waals surface area contributed by atoms with E-state index in [4.69, 9.17) is 9.47 Å². The molecule has 0 bridgehead atoms. The van der Waals surface area contributed by atoms with Crippen LogP contribution in [0.1, 0.15) is 11.1 Å². The highest BCUT2D eigenvalue weighted by Gasteiger charge is 2.36. The van der Waals surface area contributed by atoms with Crippen LogP contribution < -0.4 is 4.74 Å². The minimum absolute atomic E-state index is 0.347. The number of hydrogen-bond donors (Lipinski definition) is 0. The van der Waals surface area contributed by atoms with E-state index >= 15 is 0 Å². The molecule has 0 unspecified atom stereocenters. The zero-order valence-corrected chi connectivity index (χ0v) is 15.4. The summed E-state index contributed by atoms with van der Waals surface area (Å²) in [5.74, 6) is 1.49. The molecule has 0 N–H and O–H groups in total. The van der Waals surface area contributed by atoms with Crippen LogP contribution in [-0.2, 0) is 17.8 Å². The first kappa shape index (κ1) is 17.5. The summed E-state index contributed by atoms with van der Waals surface area (Å²) in [7, 11) is 1.72. The number of ether oxygens (including phenoxy) is 2. The zero-order valence-electron chi connectivity index (χ0n) is 15.4. The third-order valence-electron chi connectivity index (χ3n) is 5.36. The number of pyridine rings is 1. The molecular weight excluding hydrogens is 326 g/mol.